The minimum absolute atomic E-state index is 0.0630. The fraction of sp³-hybridized carbons (Fsp3) is 0.556. The Morgan fingerprint density at radius 3 is 2.69 bits per heavy atom. The Labute approximate surface area is 155 Å². The van der Waals surface area contributed by atoms with Crippen molar-refractivity contribution in [2.75, 3.05) is 6.54 Å². The molecule has 5 nitrogen and oxygen atoms in total. The molecule has 0 aromatic heterocycles. The molecule has 1 heterocycles. The molecule has 3 rings (SSSR count). The number of nitrogens with one attached hydrogen (secondary N) is 2. The van der Waals surface area contributed by atoms with E-state index in [1.807, 2.05) is 0 Å². The third-order valence-corrected chi connectivity index (χ3v) is 5.37. The second-order valence-electron chi connectivity index (χ2n) is 6.84. The number of ether oxygens (including phenoxy) is 1. The molecule has 1 aromatic rings. The molecule has 2 aliphatic rings. The van der Waals surface area contributed by atoms with Crippen LogP contribution in [-0.2, 0) is 9.53 Å². The molecule has 2 unspecified atom stereocenters. The van der Waals surface area contributed by atoms with Gasteiger partial charge in [-0.15, -0.1) is 0 Å². The summed E-state index contributed by atoms with van der Waals surface area (Å²) < 4.78 is 32.9. The second-order valence-corrected chi connectivity index (χ2v) is 7.22. The van der Waals surface area contributed by atoms with Crippen molar-refractivity contribution >= 4 is 23.6 Å². The van der Waals surface area contributed by atoms with Gasteiger partial charge in [0.25, 0.3) is 5.91 Å². The van der Waals surface area contributed by atoms with Crippen molar-refractivity contribution in [1.29, 1.82) is 0 Å². The lowest BCUT2D eigenvalue weighted by Crippen LogP contribution is -2.40. The van der Waals surface area contributed by atoms with Crippen molar-refractivity contribution < 1.29 is 23.1 Å². The summed E-state index contributed by atoms with van der Waals surface area (Å²) in [6, 6.07) is 1.74. The third-order valence-electron chi connectivity index (χ3n) is 5.02. The Kier molecular flexibility index (Phi) is 5.96. The maximum absolute atomic E-state index is 14.5. The first-order chi connectivity index (χ1) is 12.5. The highest BCUT2D eigenvalue weighted by molar-refractivity contribution is 6.31. The molecule has 2 N–H and O–H groups in total. The normalized spacial score (nSPS) is 21.8. The van der Waals surface area contributed by atoms with E-state index >= 15 is 0 Å². The van der Waals surface area contributed by atoms with Crippen molar-refractivity contribution in [3.8, 4) is 0 Å². The fourth-order valence-corrected chi connectivity index (χ4v) is 3.80. The minimum Gasteiger partial charge on any atom is -0.434 e. The largest absolute Gasteiger partial charge is 0.434 e. The molecule has 142 valence electrons. The number of alkyl carbamates (subject to hydrolysis) is 1. The minimum atomic E-state index is -0.963. The van der Waals surface area contributed by atoms with Gasteiger partial charge in [0.15, 0.2) is 6.10 Å². The topological polar surface area (TPSA) is 67.4 Å². The van der Waals surface area contributed by atoms with Crippen molar-refractivity contribution in [3.05, 3.63) is 34.4 Å². The van der Waals surface area contributed by atoms with Crippen LogP contribution in [0, 0.1) is 17.6 Å². The van der Waals surface area contributed by atoms with E-state index in [-0.39, 0.29) is 12.1 Å². The Bertz CT molecular complexity index is 695. The third kappa shape index (κ3) is 4.26. The molecule has 2 amide bonds. The number of amides is 2. The molecule has 0 spiro atoms. The lowest BCUT2D eigenvalue weighted by Gasteiger charge is -2.28. The summed E-state index contributed by atoms with van der Waals surface area (Å²) in [5, 5.41) is 4.58. The van der Waals surface area contributed by atoms with Gasteiger partial charge in [0.1, 0.15) is 16.7 Å². The Morgan fingerprint density at radius 1 is 1.31 bits per heavy atom. The van der Waals surface area contributed by atoms with Crippen molar-refractivity contribution in [2.45, 2.75) is 50.7 Å². The molecule has 0 bridgehead atoms. The summed E-state index contributed by atoms with van der Waals surface area (Å²) in [6.07, 6.45) is 4.28. The first-order valence-electron chi connectivity index (χ1n) is 8.84. The highest BCUT2D eigenvalue weighted by atomic mass is 35.5. The van der Waals surface area contributed by atoms with Crippen LogP contribution in [-0.4, -0.2) is 24.6 Å². The number of rotatable bonds is 5. The van der Waals surface area contributed by atoms with Crippen LogP contribution in [0.1, 0.15) is 50.1 Å². The summed E-state index contributed by atoms with van der Waals surface area (Å²) in [5.41, 5.74) is 0.146. The zero-order chi connectivity index (χ0) is 18.7. The Morgan fingerprint density at radius 2 is 2.04 bits per heavy atom. The average molecular weight is 387 g/mol. The SMILES string of the molecule is O=C1NCC(C(=O)NC(CC2CCCCC2)c2ccc(F)c(Cl)c2F)O1. The summed E-state index contributed by atoms with van der Waals surface area (Å²) in [6.45, 7) is 0.0630. The maximum Gasteiger partial charge on any atom is 0.408 e. The van der Waals surface area contributed by atoms with E-state index < -0.39 is 40.8 Å². The standard InChI is InChI=1S/C18H21ClF2N2O3/c19-15-12(20)7-6-11(16(15)21)13(8-10-4-2-1-3-5-10)23-17(24)14-9-22-18(25)26-14/h6-7,10,13-14H,1-5,8-9H2,(H,22,25)(H,23,24). The molecular formula is C18H21ClF2N2O3. The van der Waals surface area contributed by atoms with Crippen LogP contribution < -0.4 is 10.6 Å². The molecule has 26 heavy (non-hydrogen) atoms. The molecule has 1 aliphatic heterocycles. The number of cyclic esters (lactones) is 1. The van der Waals surface area contributed by atoms with Crippen LogP contribution in [0.15, 0.2) is 12.1 Å². The van der Waals surface area contributed by atoms with Gasteiger partial charge >= 0.3 is 6.09 Å². The molecular weight excluding hydrogens is 366 g/mol. The molecule has 2 fully saturated rings. The smallest absolute Gasteiger partial charge is 0.408 e. The van der Waals surface area contributed by atoms with Gasteiger partial charge in [0.2, 0.25) is 0 Å². The zero-order valence-electron chi connectivity index (χ0n) is 14.2. The average Bonchev–Trinajstić information content (AvgIpc) is 3.07. The van der Waals surface area contributed by atoms with E-state index in [4.69, 9.17) is 16.3 Å². The van der Waals surface area contributed by atoms with Gasteiger partial charge in [-0.05, 0) is 18.4 Å². The van der Waals surface area contributed by atoms with E-state index in [2.05, 4.69) is 10.6 Å². The summed E-state index contributed by atoms with van der Waals surface area (Å²) in [4.78, 5) is 23.6. The number of benzene rings is 1. The molecule has 1 aliphatic carbocycles. The molecule has 8 heteroatoms. The van der Waals surface area contributed by atoms with Gasteiger partial charge in [0.05, 0.1) is 12.6 Å². The molecule has 1 saturated heterocycles. The number of halogens is 3. The van der Waals surface area contributed by atoms with E-state index in [1.54, 1.807) is 0 Å². The van der Waals surface area contributed by atoms with Crippen LogP contribution in [0.3, 0.4) is 0 Å². The van der Waals surface area contributed by atoms with E-state index in [1.165, 1.54) is 12.5 Å². The monoisotopic (exact) mass is 386 g/mol. The Balaban J connectivity index is 1.80. The van der Waals surface area contributed by atoms with Gasteiger partial charge in [-0.2, -0.15) is 0 Å². The predicted molar refractivity (Wildman–Crippen MR) is 91.7 cm³/mol. The van der Waals surface area contributed by atoms with Crippen LogP contribution >= 0.6 is 11.6 Å². The van der Waals surface area contributed by atoms with E-state index in [9.17, 15) is 18.4 Å². The van der Waals surface area contributed by atoms with E-state index in [0.29, 0.717) is 12.3 Å². The van der Waals surface area contributed by atoms with Crippen molar-refractivity contribution in [2.24, 2.45) is 5.92 Å². The van der Waals surface area contributed by atoms with Gasteiger partial charge in [-0.1, -0.05) is 49.8 Å². The fourth-order valence-electron chi connectivity index (χ4n) is 3.63. The van der Waals surface area contributed by atoms with Crippen molar-refractivity contribution in [3.63, 3.8) is 0 Å². The van der Waals surface area contributed by atoms with Crippen molar-refractivity contribution in [1.82, 2.24) is 10.6 Å². The molecule has 2 atom stereocenters. The second kappa shape index (κ2) is 8.20. The number of carbonyl (C=O) groups is 2. The van der Waals surface area contributed by atoms with Gasteiger partial charge in [0, 0.05) is 5.56 Å². The van der Waals surface area contributed by atoms with Gasteiger partial charge < -0.3 is 15.4 Å². The lowest BCUT2D eigenvalue weighted by molar-refractivity contribution is -0.128. The number of hydrogen-bond donors (Lipinski definition) is 2. The maximum atomic E-state index is 14.5. The van der Waals surface area contributed by atoms with Crippen LogP contribution in [0.25, 0.3) is 0 Å². The highest BCUT2D eigenvalue weighted by Gasteiger charge is 2.33. The van der Waals surface area contributed by atoms with Crippen LogP contribution in [0.4, 0.5) is 13.6 Å². The highest BCUT2D eigenvalue weighted by Crippen LogP contribution is 2.34. The van der Waals surface area contributed by atoms with Crippen LogP contribution in [0.2, 0.25) is 5.02 Å². The zero-order valence-corrected chi connectivity index (χ0v) is 15.0. The van der Waals surface area contributed by atoms with Gasteiger partial charge in [-0.3, -0.25) is 4.79 Å². The summed E-state index contributed by atoms with van der Waals surface area (Å²) in [5.74, 6) is -1.88. The molecule has 1 saturated carbocycles. The first-order valence-corrected chi connectivity index (χ1v) is 9.21. The van der Waals surface area contributed by atoms with E-state index in [0.717, 1.165) is 31.7 Å². The number of hydrogen-bond acceptors (Lipinski definition) is 3. The van der Waals surface area contributed by atoms with Gasteiger partial charge in [-0.25, -0.2) is 13.6 Å². The quantitative estimate of drug-likeness (QED) is 0.755. The summed E-state index contributed by atoms with van der Waals surface area (Å²) in [7, 11) is 0. The summed E-state index contributed by atoms with van der Waals surface area (Å²) >= 11 is 5.71. The predicted octanol–water partition coefficient (Wildman–Crippen LogP) is 3.85. The number of carbonyl (C=O) groups excluding carboxylic acids is 2. The molecule has 0 radical (unpaired) electrons. The lowest BCUT2D eigenvalue weighted by atomic mass is 9.83. The molecule has 1 aromatic carbocycles. The first kappa shape index (κ1) is 18.9. The Hall–Kier alpha value is -1.89. The van der Waals surface area contributed by atoms with Crippen LogP contribution in [0.5, 0.6) is 0 Å².